The zero-order valence-electron chi connectivity index (χ0n) is 8.03. The molecule has 0 fully saturated rings. The van der Waals surface area contributed by atoms with Crippen LogP contribution >= 0.6 is 0 Å². The summed E-state index contributed by atoms with van der Waals surface area (Å²) in [5.74, 6) is -0.353. The van der Waals surface area contributed by atoms with Crippen LogP contribution in [-0.2, 0) is 4.79 Å². The Bertz CT molecular complexity index is 372. The summed E-state index contributed by atoms with van der Waals surface area (Å²) in [4.78, 5) is 14.5. The highest BCUT2D eigenvalue weighted by Gasteiger charge is 1.95. The zero-order valence-corrected chi connectivity index (χ0v) is 8.03. The predicted octanol–water partition coefficient (Wildman–Crippen LogP) is 0.861. The number of rotatable bonds is 3. The lowest BCUT2D eigenvalue weighted by Gasteiger charge is -1.99. The van der Waals surface area contributed by atoms with Crippen molar-refractivity contribution < 1.29 is 4.79 Å². The molecule has 14 heavy (non-hydrogen) atoms. The van der Waals surface area contributed by atoms with Crippen molar-refractivity contribution >= 4 is 17.7 Å². The first-order valence-electron chi connectivity index (χ1n) is 4.26. The normalized spacial score (nSPS) is 10.6. The highest BCUT2D eigenvalue weighted by atomic mass is 16.1. The predicted molar refractivity (Wildman–Crippen MR) is 56.2 cm³/mol. The Hall–Kier alpha value is -1.84. The minimum absolute atomic E-state index is 0.230. The van der Waals surface area contributed by atoms with Crippen LogP contribution in [0.5, 0.6) is 0 Å². The molecule has 1 aromatic heterocycles. The monoisotopic (exact) mass is 191 g/mol. The minimum atomic E-state index is -0.353. The van der Waals surface area contributed by atoms with Crippen molar-refractivity contribution in [3.63, 3.8) is 0 Å². The van der Waals surface area contributed by atoms with Crippen LogP contribution in [-0.4, -0.2) is 10.9 Å². The smallest absolute Gasteiger partial charge is 0.221 e. The van der Waals surface area contributed by atoms with Crippen molar-refractivity contribution in [1.29, 1.82) is 0 Å². The van der Waals surface area contributed by atoms with Gasteiger partial charge in [0.2, 0.25) is 5.91 Å². The van der Waals surface area contributed by atoms with Gasteiger partial charge >= 0.3 is 0 Å². The van der Waals surface area contributed by atoms with Crippen molar-refractivity contribution in [2.45, 2.75) is 13.3 Å². The summed E-state index contributed by atoms with van der Waals surface area (Å²) in [5, 5.41) is 0. The van der Waals surface area contributed by atoms with Crippen LogP contribution in [0.25, 0.3) is 6.08 Å². The van der Waals surface area contributed by atoms with Gasteiger partial charge in [0, 0.05) is 12.6 Å². The van der Waals surface area contributed by atoms with Gasteiger partial charge in [0.05, 0.1) is 11.4 Å². The summed E-state index contributed by atoms with van der Waals surface area (Å²) in [6, 6.07) is 1.81. The molecule has 1 aromatic rings. The van der Waals surface area contributed by atoms with E-state index in [9.17, 15) is 4.79 Å². The van der Waals surface area contributed by atoms with Crippen LogP contribution in [0.2, 0.25) is 0 Å². The third-order valence-corrected chi connectivity index (χ3v) is 1.78. The molecule has 0 spiro atoms. The third-order valence-electron chi connectivity index (χ3n) is 1.78. The van der Waals surface area contributed by atoms with Crippen LogP contribution < -0.4 is 11.5 Å². The Kier molecular flexibility index (Phi) is 3.23. The number of primary amides is 1. The van der Waals surface area contributed by atoms with E-state index in [1.807, 2.05) is 6.92 Å². The van der Waals surface area contributed by atoms with E-state index in [0.717, 1.165) is 11.3 Å². The zero-order chi connectivity index (χ0) is 10.6. The van der Waals surface area contributed by atoms with Crippen LogP contribution in [0.4, 0.5) is 5.69 Å². The molecule has 4 N–H and O–H groups in total. The van der Waals surface area contributed by atoms with Gasteiger partial charge in [-0.2, -0.15) is 0 Å². The molecule has 0 saturated heterocycles. The number of aromatic nitrogens is 1. The summed E-state index contributed by atoms with van der Waals surface area (Å²) < 4.78 is 0. The fourth-order valence-corrected chi connectivity index (χ4v) is 0.969. The molecular formula is C10H13N3O. The van der Waals surface area contributed by atoms with Gasteiger partial charge in [-0.25, -0.2) is 0 Å². The van der Waals surface area contributed by atoms with Gasteiger partial charge < -0.3 is 11.5 Å². The summed E-state index contributed by atoms with van der Waals surface area (Å²) in [6.07, 6.45) is 5.39. The van der Waals surface area contributed by atoms with E-state index in [-0.39, 0.29) is 12.3 Å². The molecular weight excluding hydrogens is 178 g/mol. The SMILES string of the molecule is Cc1ncc(C=CCC(N)=O)cc1N. The fraction of sp³-hybridized carbons (Fsp3) is 0.200. The van der Waals surface area contributed by atoms with Crippen LogP contribution in [0.15, 0.2) is 18.3 Å². The van der Waals surface area contributed by atoms with Crippen molar-refractivity contribution in [1.82, 2.24) is 4.98 Å². The number of carbonyl (C=O) groups excluding carboxylic acids is 1. The molecule has 0 saturated carbocycles. The minimum Gasteiger partial charge on any atom is -0.397 e. The van der Waals surface area contributed by atoms with E-state index in [1.54, 1.807) is 24.4 Å². The standard InChI is InChI=1S/C10H13N3O/c1-7-9(11)5-8(6-13-7)3-2-4-10(12)14/h2-3,5-6H,4,11H2,1H3,(H2,12,14). The number of nitrogen functional groups attached to an aromatic ring is 1. The van der Waals surface area contributed by atoms with Gasteiger partial charge in [0.25, 0.3) is 0 Å². The number of hydrogen-bond donors (Lipinski definition) is 2. The van der Waals surface area contributed by atoms with Gasteiger partial charge in [-0.3, -0.25) is 9.78 Å². The van der Waals surface area contributed by atoms with Crippen molar-refractivity contribution in [2.24, 2.45) is 5.73 Å². The molecule has 74 valence electrons. The molecule has 1 heterocycles. The number of carbonyl (C=O) groups is 1. The Balaban J connectivity index is 2.73. The maximum Gasteiger partial charge on any atom is 0.221 e. The summed E-state index contributed by atoms with van der Waals surface area (Å²) >= 11 is 0. The van der Waals surface area contributed by atoms with Gasteiger partial charge in [0.1, 0.15) is 0 Å². The average molecular weight is 191 g/mol. The van der Waals surface area contributed by atoms with E-state index in [1.165, 1.54) is 0 Å². The van der Waals surface area contributed by atoms with Crippen molar-refractivity contribution in [3.8, 4) is 0 Å². The van der Waals surface area contributed by atoms with Crippen molar-refractivity contribution in [3.05, 3.63) is 29.6 Å². The number of pyridine rings is 1. The molecule has 4 nitrogen and oxygen atoms in total. The summed E-state index contributed by atoms with van der Waals surface area (Å²) in [6.45, 7) is 1.84. The first-order valence-corrected chi connectivity index (χ1v) is 4.26. The lowest BCUT2D eigenvalue weighted by molar-refractivity contribution is -0.117. The van der Waals surface area contributed by atoms with E-state index >= 15 is 0 Å². The Morgan fingerprint density at radius 1 is 1.64 bits per heavy atom. The van der Waals surface area contributed by atoms with E-state index in [4.69, 9.17) is 11.5 Å². The number of aryl methyl sites for hydroxylation is 1. The second-order valence-electron chi connectivity index (χ2n) is 3.02. The Labute approximate surface area is 82.6 Å². The second-order valence-corrected chi connectivity index (χ2v) is 3.02. The maximum absolute atomic E-state index is 10.4. The molecule has 1 rings (SSSR count). The van der Waals surface area contributed by atoms with Crippen LogP contribution in [0.1, 0.15) is 17.7 Å². The topological polar surface area (TPSA) is 82.0 Å². The molecule has 0 radical (unpaired) electrons. The highest BCUT2D eigenvalue weighted by molar-refractivity contribution is 5.76. The first kappa shape index (κ1) is 10.2. The molecule has 0 aliphatic rings. The largest absolute Gasteiger partial charge is 0.397 e. The van der Waals surface area contributed by atoms with Crippen LogP contribution in [0.3, 0.4) is 0 Å². The second kappa shape index (κ2) is 4.41. The van der Waals surface area contributed by atoms with Gasteiger partial charge in [0.15, 0.2) is 0 Å². The Morgan fingerprint density at radius 2 is 2.36 bits per heavy atom. The molecule has 4 heteroatoms. The van der Waals surface area contributed by atoms with Gasteiger partial charge in [-0.1, -0.05) is 12.2 Å². The highest BCUT2D eigenvalue weighted by Crippen LogP contribution is 2.10. The van der Waals surface area contributed by atoms with E-state index < -0.39 is 0 Å². The number of anilines is 1. The molecule has 0 bridgehead atoms. The number of amides is 1. The van der Waals surface area contributed by atoms with Crippen molar-refractivity contribution in [2.75, 3.05) is 5.73 Å². The van der Waals surface area contributed by atoms with E-state index in [2.05, 4.69) is 4.98 Å². The maximum atomic E-state index is 10.4. The molecule has 0 unspecified atom stereocenters. The average Bonchev–Trinajstić information content (AvgIpc) is 2.10. The lowest BCUT2D eigenvalue weighted by Crippen LogP contribution is -2.07. The summed E-state index contributed by atoms with van der Waals surface area (Å²) in [7, 11) is 0. The number of nitrogens with two attached hydrogens (primary N) is 2. The molecule has 1 amide bonds. The molecule has 0 atom stereocenters. The quantitative estimate of drug-likeness (QED) is 0.743. The van der Waals surface area contributed by atoms with Gasteiger partial charge in [-0.15, -0.1) is 0 Å². The van der Waals surface area contributed by atoms with Gasteiger partial charge in [-0.05, 0) is 18.6 Å². The van der Waals surface area contributed by atoms with Crippen LogP contribution in [0, 0.1) is 6.92 Å². The molecule has 0 aliphatic carbocycles. The summed E-state index contributed by atoms with van der Waals surface area (Å²) in [5.41, 5.74) is 13.0. The third kappa shape index (κ3) is 2.90. The Morgan fingerprint density at radius 3 is 2.93 bits per heavy atom. The molecule has 0 aromatic carbocycles. The van der Waals surface area contributed by atoms with E-state index in [0.29, 0.717) is 5.69 Å². The number of nitrogens with zero attached hydrogens (tertiary/aromatic N) is 1. The fourth-order valence-electron chi connectivity index (χ4n) is 0.969. The molecule has 0 aliphatic heterocycles. The lowest BCUT2D eigenvalue weighted by atomic mass is 10.2. The number of hydrogen-bond acceptors (Lipinski definition) is 3. The first-order chi connectivity index (χ1) is 6.59.